The fraction of sp³-hybridized carbons (Fsp3) is 0.571. The van der Waals surface area contributed by atoms with E-state index < -0.39 is 0 Å². The zero-order valence-electron chi connectivity index (χ0n) is 11.2. The van der Waals surface area contributed by atoms with Gasteiger partial charge in [-0.2, -0.15) is 0 Å². The Balaban J connectivity index is 2.02. The molecule has 1 saturated carbocycles. The van der Waals surface area contributed by atoms with Crippen molar-refractivity contribution in [3.05, 3.63) is 21.9 Å². The molecule has 4 nitrogen and oxygen atoms in total. The van der Waals surface area contributed by atoms with Crippen molar-refractivity contribution >= 4 is 23.0 Å². The number of aryl methyl sites for hydroxylation is 1. The number of carbonyl (C=O) groups is 2. The van der Waals surface area contributed by atoms with Crippen LogP contribution in [0.2, 0.25) is 0 Å². The van der Waals surface area contributed by atoms with Crippen molar-refractivity contribution in [3.8, 4) is 0 Å². The standard InChI is InChI=1S/C14H20N2O2S/c1-10-6-7-13(19-10)12(17)8-16(9-14(15)18)11-4-2-3-5-11/h6-7,11H,2-5,8-9H2,1H3,(H2,15,18). The number of primary amides is 1. The third kappa shape index (κ3) is 3.88. The van der Waals surface area contributed by atoms with Crippen LogP contribution in [0.5, 0.6) is 0 Å². The van der Waals surface area contributed by atoms with Crippen LogP contribution in [0.4, 0.5) is 0 Å². The van der Waals surface area contributed by atoms with Crippen molar-refractivity contribution < 1.29 is 9.59 Å². The molecule has 2 rings (SSSR count). The molecule has 1 fully saturated rings. The number of ketones is 1. The fourth-order valence-electron chi connectivity index (χ4n) is 2.63. The largest absolute Gasteiger partial charge is 0.369 e. The zero-order valence-corrected chi connectivity index (χ0v) is 12.0. The third-order valence-corrected chi connectivity index (χ3v) is 4.60. The van der Waals surface area contributed by atoms with Gasteiger partial charge in [0.2, 0.25) is 5.91 Å². The maximum absolute atomic E-state index is 12.2. The normalized spacial score (nSPS) is 16.1. The molecule has 0 spiro atoms. The van der Waals surface area contributed by atoms with E-state index in [0.29, 0.717) is 12.6 Å². The quantitative estimate of drug-likeness (QED) is 0.810. The van der Waals surface area contributed by atoms with Crippen LogP contribution in [0.15, 0.2) is 12.1 Å². The minimum atomic E-state index is -0.359. The van der Waals surface area contributed by atoms with E-state index in [4.69, 9.17) is 5.73 Å². The van der Waals surface area contributed by atoms with Crippen molar-refractivity contribution in [2.45, 2.75) is 38.6 Å². The molecule has 0 unspecified atom stereocenters. The highest BCUT2D eigenvalue weighted by atomic mass is 32.1. The van der Waals surface area contributed by atoms with Gasteiger partial charge < -0.3 is 5.73 Å². The Labute approximate surface area is 117 Å². The van der Waals surface area contributed by atoms with Gasteiger partial charge in [0.25, 0.3) is 0 Å². The molecular weight excluding hydrogens is 260 g/mol. The second-order valence-electron chi connectivity index (χ2n) is 5.14. The number of amides is 1. The number of thiophene rings is 1. The summed E-state index contributed by atoms with van der Waals surface area (Å²) in [6.07, 6.45) is 4.46. The molecular formula is C14H20N2O2S. The predicted octanol–water partition coefficient (Wildman–Crippen LogP) is 1.97. The monoisotopic (exact) mass is 280 g/mol. The van der Waals surface area contributed by atoms with E-state index in [0.717, 1.165) is 22.6 Å². The lowest BCUT2D eigenvalue weighted by Gasteiger charge is -2.26. The van der Waals surface area contributed by atoms with E-state index in [-0.39, 0.29) is 18.2 Å². The van der Waals surface area contributed by atoms with Crippen LogP contribution in [-0.2, 0) is 4.79 Å². The average molecular weight is 280 g/mol. The van der Waals surface area contributed by atoms with Crippen LogP contribution in [0.25, 0.3) is 0 Å². The Morgan fingerprint density at radius 3 is 2.53 bits per heavy atom. The van der Waals surface area contributed by atoms with Crippen molar-refractivity contribution in [3.63, 3.8) is 0 Å². The first-order valence-electron chi connectivity index (χ1n) is 6.68. The summed E-state index contributed by atoms with van der Waals surface area (Å²) in [5.41, 5.74) is 5.29. The maximum Gasteiger partial charge on any atom is 0.231 e. The van der Waals surface area contributed by atoms with Crippen LogP contribution in [0.1, 0.15) is 40.2 Å². The van der Waals surface area contributed by atoms with Gasteiger partial charge >= 0.3 is 0 Å². The van der Waals surface area contributed by atoms with Crippen LogP contribution in [-0.4, -0.2) is 35.7 Å². The molecule has 19 heavy (non-hydrogen) atoms. The van der Waals surface area contributed by atoms with E-state index in [1.165, 1.54) is 24.2 Å². The summed E-state index contributed by atoms with van der Waals surface area (Å²) in [4.78, 5) is 27.2. The molecule has 5 heteroatoms. The number of nitrogens with two attached hydrogens (primary N) is 1. The lowest BCUT2D eigenvalue weighted by molar-refractivity contribution is -0.119. The summed E-state index contributed by atoms with van der Waals surface area (Å²) in [6, 6.07) is 4.14. The lowest BCUT2D eigenvalue weighted by atomic mass is 10.2. The van der Waals surface area contributed by atoms with Gasteiger partial charge in [-0.1, -0.05) is 12.8 Å². The molecule has 2 N–H and O–H groups in total. The van der Waals surface area contributed by atoms with Crippen molar-refractivity contribution in [2.24, 2.45) is 5.73 Å². The average Bonchev–Trinajstić information content (AvgIpc) is 2.97. The van der Waals surface area contributed by atoms with E-state index in [1.807, 2.05) is 24.0 Å². The molecule has 0 radical (unpaired) electrons. The number of nitrogens with zero attached hydrogens (tertiary/aromatic N) is 1. The summed E-state index contributed by atoms with van der Waals surface area (Å²) in [5.74, 6) is -0.270. The molecule has 0 atom stereocenters. The molecule has 1 aliphatic carbocycles. The molecule has 1 amide bonds. The Morgan fingerprint density at radius 2 is 2.00 bits per heavy atom. The molecule has 0 aromatic carbocycles. The second-order valence-corrected chi connectivity index (χ2v) is 6.43. The first kappa shape index (κ1) is 14.2. The smallest absolute Gasteiger partial charge is 0.231 e. The first-order valence-corrected chi connectivity index (χ1v) is 7.50. The highest BCUT2D eigenvalue weighted by molar-refractivity contribution is 7.14. The van der Waals surface area contributed by atoms with Crippen molar-refractivity contribution in [1.29, 1.82) is 0 Å². The van der Waals surface area contributed by atoms with Gasteiger partial charge in [-0.15, -0.1) is 11.3 Å². The second kappa shape index (κ2) is 6.30. The van der Waals surface area contributed by atoms with E-state index in [9.17, 15) is 9.59 Å². The van der Waals surface area contributed by atoms with Gasteiger partial charge in [-0.3, -0.25) is 14.5 Å². The molecule has 0 saturated heterocycles. The molecule has 1 aromatic rings. The number of hydrogen-bond donors (Lipinski definition) is 1. The molecule has 104 valence electrons. The SMILES string of the molecule is Cc1ccc(C(=O)CN(CC(N)=O)C2CCCC2)s1. The minimum Gasteiger partial charge on any atom is -0.369 e. The summed E-state index contributed by atoms with van der Waals surface area (Å²) in [7, 11) is 0. The molecule has 1 aliphatic rings. The van der Waals surface area contributed by atoms with Gasteiger partial charge in [0.15, 0.2) is 5.78 Å². The van der Waals surface area contributed by atoms with Crippen molar-refractivity contribution in [1.82, 2.24) is 4.90 Å². The van der Waals surface area contributed by atoms with E-state index in [2.05, 4.69) is 0 Å². The highest BCUT2D eigenvalue weighted by Crippen LogP contribution is 2.24. The summed E-state index contributed by atoms with van der Waals surface area (Å²) in [5, 5.41) is 0. The Bertz CT molecular complexity index is 464. The molecule has 1 aromatic heterocycles. The van der Waals surface area contributed by atoms with Crippen LogP contribution >= 0.6 is 11.3 Å². The molecule has 0 aliphatic heterocycles. The summed E-state index contributed by atoms with van der Waals surface area (Å²) < 4.78 is 0. The van der Waals surface area contributed by atoms with E-state index >= 15 is 0 Å². The van der Waals surface area contributed by atoms with Crippen LogP contribution in [0.3, 0.4) is 0 Å². The van der Waals surface area contributed by atoms with Gasteiger partial charge in [-0.25, -0.2) is 0 Å². The number of carbonyl (C=O) groups excluding carboxylic acids is 2. The zero-order chi connectivity index (χ0) is 13.8. The number of Topliss-reactive ketones (excluding diaryl/α,β-unsaturated/α-hetero) is 1. The first-order chi connectivity index (χ1) is 9.06. The highest BCUT2D eigenvalue weighted by Gasteiger charge is 2.26. The Kier molecular flexibility index (Phi) is 4.71. The van der Waals surface area contributed by atoms with Crippen LogP contribution in [0, 0.1) is 6.92 Å². The topological polar surface area (TPSA) is 63.4 Å². The lowest BCUT2D eigenvalue weighted by Crippen LogP contribution is -2.42. The molecule has 1 heterocycles. The van der Waals surface area contributed by atoms with Crippen LogP contribution < -0.4 is 5.73 Å². The molecule has 0 bridgehead atoms. The van der Waals surface area contributed by atoms with Crippen molar-refractivity contribution in [2.75, 3.05) is 13.1 Å². The van der Waals surface area contributed by atoms with E-state index in [1.54, 1.807) is 0 Å². The summed E-state index contributed by atoms with van der Waals surface area (Å²) in [6.45, 7) is 2.47. The fourth-order valence-corrected chi connectivity index (χ4v) is 3.43. The number of hydrogen-bond acceptors (Lipinski definition) is 4. The number of rotatable bonds is 6. The third-order valence-electron chi connectivity index (χ3n) is 3.56. The maximum atomic E-state index is 12.2. The minimum absolute atomic E-state index is 0.0891. The van der Waals surface area contributed by atoms with Gasteiger partial charge in [0.05, 0.1) is 18.0 Å². The van der Waals surface area contributed by atoms with Gasteiger partial charge in [0, 0.05) is 10.9 Å². The predicted molar refractivity (Wildman–Crippen MR) is 76.4 cm³/mol. The Hall–Kier alpha value is -1.20. The Morgan fingerprint density at radius 1 is 1.32 bits per heavy atom. The van der Waals surface area contributed by atoms with Gasteiger partial charge in [0.1, 0.15) is 0 Å². The summed E-state index contributed by atoms with van der Waals surface area (Å²) >= 11 is 1.51. The van der Waals surface area contributed by atoms with Gasteiger partial charge in [-0.05, 0) is 31.9 Å².